The molecule has 3 aromatic rings. The highest BCUT2D eigenvalue weighted by Crippen LogP contribution is 2.35. The van der Waals surface area contributed by atoms with Crippen molar-refractivity contribution in [1.82, 2.24) is 0 Å². The Morgan fingerprint density at radius 3 is 2.03 bits per heavy atom. The molecule has 0 bridgehead atoms. The van der Waals surface area contributed by atoms with E-state index < -0.39 is 29.5 Å². The Balaban J connectivity index is 1.50. The van der Waals surface area contributed by atoms with Gasteiger partial charge >= 0.3 is 6.18 Å². The Kier molecular flexibility index (Phi) is 7.43. The maximum absolute atomic E-state index is 13.0. The summed E-state index contributed by atoms with van der Waals surface area (Å²) >= 11 is 24.0. The molecule has 37 heavy (non-hydrogen) atoms. The number of nitrogens with one attached hydrogen (secondary N) is 2. The van der Waals surface area contributed by atoms with Crippen molar-refractivity contribution in [3.63, 3.8) is 0 Å². The quantitative estimate of drug-likeness (QED) is 0.305. The van der Waals surface area contributed by atoms with Gasteiger partial charge in [0.2, 0.25) is 0 Å². The van der Waals surface area contributed by atoms with Gasteiger partial charge in [-0.15, -0.1) is 0 Å². The standard InChI is InChI=1S/C24H12Cl4F3N3O3/c25-13-8-14(26)10-16(9-13)34-22(36)19(28)20(23(34)37)32-15-4-1-11(2-5-15)21(35)33-18-7-12(24(29,30)31)3-6-17(18)27/h1-10,32H,(H,33,35). The normalized spacial score (nSPS) is 13.9. The van der Waals surface area contributed by atoms with E-state index in [9.17, 15) is 27.6 Å². The summed E-state index contributed by atoms with van der Waals surface area (Å²) in [6.45, 7) is 0. The lowest BCUT2D eigenvalue weighted by atomic mass is 10.1. The van der Waals surface area contributed by atoms with Crippen LogP contribution in [0.2, 0.25) is 15.1 Å². The number of alkyl halides is 3. The molecule has 3 aromatic carbocycles. The Hall–Kier alpha value is -3.24. The summed E-state index contributed by atoms with van der Waals surface area (Å²) in [6, 6.07) is 12.3. The number of carbonyl (C=O) groups is 3. The van der Waals surface area contributed by atoms with Crippen LogP contribution in [-0.2, 0) is 15.8 Å². The number of halogens is 7. The van der Waals surface area contributed by atoms with Crippen LogP contribution in [0.5, 0.6) is 0 Å². The van der Waals surface area contributed by atoms with Crippen LogP contribution >= 0.6 is 46.4 Å². The number of nitrogens with zero attached hydrogens (tertiary/aromatic N) is 1. The third-order valence-corrected chi connectivity index (χ3v) is 6.21. The molecule has 190 valence electrons. The minimum atomic E-state index is -4.61. The second-order valence-corrected chi connectivity index (χ2v) is 9.27. The molecule has 2 N–H and O–H groups in total. The molecule has 0 saturated heterocycles. The van der Waals surface area contributed by atoms with Gasteiger partial charge in [-0.25, -0.2) is 4.90 Å². The van der Waals surface area contributed by atoms with Gasteiger partial charge in [-0.3, -0.25) is 14.4 Å². The molecular weight excluding hydrogens is 577 g/mol. The average molecular weight is 589 g/mol. The molecule has 4 rings (SSSR count). The minimum Gasteiger partial charge on any atom is -0.350 e. The Labute approximate surface area is 227 Å². The minimum absolute atomic E-state index is 0.0730. The van der Waals surface area contributed by atoms with Crippen molar-refractivity contribution in [1.29, 1.82) is 0 Å². The first-order chi connectivity index (χ1) is 17.3. The first-order valence-corrected chi connectivity index (χ1v) is 11.7. The van der Waals surface area contributed by atoms with Gasteiger partial charge in [-0.1, -0.05) is 46.4 Å². The van der Waals surface area contributed by atoms with Crippen LogP contribution in [-0.4, -0.2) is 17.7 Å². The predicted molar refractivity (Wildman–Crippen MR) is 136 cm³/mol. The molecule has 0 spiro atoms. The molecule has 1 aliphatic rings. The molecule has 3 amide bonds. The van der Waals surface area contributed by atoms with Crippen LogP contribution in [0.1, 0.15) is 15.9 Å². The van der Waals surface area contributed by atoms with Crippen molar-refractivity contribution in [2.24, 2.45) is 0 Å². The summed E-state index contributed by atoms with van der Waals surface area (Å²) in [5.41, 5.74) is -0.880. The SMILES string of the molecule is O=C(Nc1cc(C(F)(F)F)ccc1Cl)c1ccc(NC2=C(Cl)C(=O)N(c3cc(Cl)cc(Cl)c3)C2=O)cc1. The number of benzene rings is 3. The summed E-state index contributed by atoms with van der Waals surface area (Å²) in [6.07, 6.45) is -4.61. The second-order valence-electron chi connectivity index (χ2n) is 7.61. The van der Waals surface area contributed by atoms with E-state index in [0.29, 0.717) is 5.69 Å². The molecule has 1 aliphatic heterocycles. The van der Waals surface area contributed by atoms with Crippen LogP contribution in [0.3, 0.4) is 0 Å². The highest BCUT2D eigenvalue weighted by atomic mass is 35.5. The third kappa shape index (κ3) is 5.70. The number of amides is 3. The lowest BCUT2D eigenvalue weighted by Gasteiger charge is -2.16. The fraction of sp³-hybridized carbons (Fsp3) is 0.0417. The van der Waals surface area contributed by atoms with Crippen LogP contribution in [0.25, 0.3) is 0 Å². The summed E-state index contributed by atoms with van der Waals surface area (Å²) in [4.78, 5) is 38.9. The van der Waals surface area contributed by atoms with Crippen LogP contribution in [0.15, 0.2) is 71.4 Å². The fourth-order valence-electron chi connectivity index (χ4n) is 3.36. The topological polar surface area (TPSA) is 78.5 Å². The van der Waals surface area contributed by atoms with E-state index >= 15 is 0 Å². The van der Waals surface area contributed by atoms with Crippen molar-refractivity contribution < 1.29 is 27.6 Å². The zero-order valence-corrected chi connectivity index (χ0v) is 21.1. The van der Waals surface area contributed by atoms with Gasteiger partial charge in [0.05, 0.1) is 22.0 Å². The van der Waals surface area contributed by atoms with Gasteiger partial charge in [0.1, 0.15) is 10.7 Å². The summed E-state index contributed by atoms with van der Waals surface area (Å²) < 4.78 is 38.9. The Morgan fingerprint density at radius 1 is 0.811 bits per heavy atom. The molecule has 0 saturated carbocycles. The summed E-state index contributed by atoms with van der Waals surface area (Å²) in [5, 5.41) is 5.05. The van der Waals surface area contributed by atoms with E-state index in [1.54, 1.807) is 0 Å². The molecule has 1 heterocycles. The van der Waals surface area contributed by atoms with Crippen LogP contribution in [0.4, 0.5) is 30.2 Å². The molecule has 0 fully saturated rings. The molecular formula is C24H12Cl4F3N3O3. The zero-order chi connectivity index (χ0) is 27.1. The van der Waals surface area contributed by atoms with Crippen LogP contribution in [0, 0.1) is 0 Å². The van der Waals surface area contributed by atoms with Gasteiger partial charge in [-0.2, -0.15) is 13.2 Å². The molecule has 0 aromatic heterocycles. The van der Waals surface area contributed by atoms with Crippen molar-refractivity contribution in [3.8, 4) is 0 Å². The first kappa shape index (κ1) is 26.8. The smallest absolute Gasteiger partial charge is 0.350 e. The molecule has 0 aliphatic carbocycles. The lowest BCUT2D eigenvalue weighted by Crippen LogP contribution is -2.32. The number of anilines is 3. The zero-order valence-electron chi connectivity index (χ0n) is 18.1. The lowest BCUT2D eigenvalue weighted by molar-refractivity contribution is -0.137. The van der Waals surface area contributed by atoms with Crippen LogP contribution < -0.4 is 15.5 Å². The maximum Gasteiger partial charge on any atom is 0.416 e. The van der Waals surface area contributed by atoms with E-state index in [2.05, 4.69) is 10.6 Å². The number of hydrogen-bond acceptors (Lipinski definition) is 4. The summed E-state index contributed by atoms with van der Waals surface area (Å²) in [5.74, 6) is -2.27. The largest absolute Gasteiger partial charge is 0.416 e. The Bertz CT molecular complexity index is 1450. The maximum atomic E-state index is 13.0. The van der Waals surface area contributed by atoms with E-state index in [4.69, 9.17) is 46.4 Å². The first-order valence-electron chi connectivity index (χ1n) is 10.1. The highest BCUT2D eigenvalue weighted by molar-refractivity contribution is 6.53. The Morgan fingerprint density at radius 2 is 1.43 bits per heavy atom. The van der Waals surface area contributed by atoms with Gasteiger partial charge < -0.3 is 10.6 Å². The number of rotatable bonds is 5. The van der Waals surface area contributed by atoms with Gasteiger partial charge in [0.25, 0.3) is 17.7 Å². The van der Waals surface area contributed by atoms with E-state index in [1.807, 2.05) is 0 Å². The van der Waals surface area contributed by atoms with Crippen molar-refractivity contribution in [3.05, 3.63) is 97.6 Å². The van der Waals surface area contributed by atoms with Crippen molar-refractivity contribution in [2.45, 2.75) is 6.18 Å². The molecule has 13 heteroatoms. The van der Waals surface area contributed by atoms with Gasteiger partial charge in [-0.05, 0) is 60.7 Å². The predicted octanol–water partition coefficient (Wildman–Crippen LogP) is 7.35. The third-order valence-electron chi connectivity index (χ3n) is 5.09. The molecule has 0 radical (unpaired) electrons. The number of imide groups is 1. The number of hydrogen-bond donors (Lipinski definition) is 2. The molecule has 0 atom stereocenters. The molecule has 0 unspecified atom stereocenters. The average Bonchev–Trinajstić information content (AvgIpc) is 3.02. The van der Waals surface area contributed by atoms with E-state index in [-0.39, 0.29) is 42.7 Å². The fourth-order valence-corrected chi connectivity index (χ4v) is 4.25. The monoisotopic (exact) mass is 587 g/mol. The highest BCUT2D eigenvalue weighted by Gasteiger charge is 2.39. The van der Waals surface area contributed by atoms with E-state index in [1.165, 1.54) is 42.5 Å². The van der Waals surface area contributed by atoms with Gasteiger partial charge in [0, 0.05) is 21.3 Å². The molecule has 6 nitrogen and oxygen atoms in total. The van der Waals surface area contributed by atoms with Gasteiger partial charge in [0.15, 0.2) is 0 Å². The second kappa shape index (κ2) is 10.3. The van der Waals surface area contributed by atoms with Crippen molar-refractivity contribution in [2.75, 3.05) is 15.5 Å². The summed E-state index contributed by atoms with van der Waals surface area (Å²) in [7, 11) is 0. The van der Waals surface area contributed by atoms with E-state index in [0.717, 1.165) is 23.1 Å². The van der Waals surface area contributed by atoms with Crippen molar-refractivity contribution >= 4 is 81.2 Å². The number of carbonyl (C=O) groups excluding carboxylic acids is 3.